The molecule has 0 amide bonds. The number of nitrogens with zero attached hydrogens (tertiary/aromatic N) is 1. The van der Waals surface area contributed by atoms with Gasteiger partial charge in [0.15, 0.2) is 6.29 Å². The van der Waals surface area contributed by atoms with Crippen LogP contribution in [0.2, 0.25) is 0 Å². The maximum absolute atomic E-state index is 11.1. The van der Waals surface area contributed by atoms with Crippen molar-refractivity contribution in [1.29, 1.82) is 0 Å². The van der Waals surface area contributed by atoms with Gasteiger partial charge in [-0.1, -0.05) is 56.3 Å². The van der Waals surface area contributed by atoms with E-state index in [0.29, 0.717) is 5.71 Å². The fraction of sp³-hybridized carbons (Fsp3) is 0.333. The molecule has 1 aromatic carbocycles. The monoisotopic (exact) mass is 229 g/mol. The van der Waals surface area contributed by atoms with Crippen molar-refractivity contribution in [2.75, 3.05) is 0 Å². The highest BCUT2D eigenvalue weighted by molar-refractivity contribution is 6.36. The van der Waals surface area contributed by atoms with Gasteiger partial charge in [-0.3, -0.25) is 9.79 Å². The summed E-state index contributed by atoms with van der Waals surface area (Å²) in [6, 6.07) is 9.66. The van der Waals surface area contributed by atoms with Crippen molar-refractivity contribution < 1.29 is 4.79 Å². The van der Waals surface area contributed by atoms with Crippen LogP contribution >= 0.6 is 0 Å². The molecule has 17 heavy (non-hydrogen) atoms. The lowest BCUT2D eigenvalue weighted by molar-refractivity contribution is -0.102. The summed E-state index contributed by atoms with van der Waals surface area (Å²) < 4.78 is 0. The van der Waals surface area contributed by atoms with Crippen LogP contribution in [0.1, 0.15) is 32.3 Å². The van der Waals surface area contributed by atoms with Crippen LogP contribution in [0.15, 0.2) is 47.5 Å². The number of benzene rings is 1. The van der Waals surface area contributed by atoms with Gasteiger partial charge in [0.25, 0.3) is 0 Å². The van der Waals surface area contributed by atoms with Gasteiger partial charge in [-0.25, -0.2) is 0 Å². The zero-order valence-electron chi connectivity index (χ0n) is 10.5. The standard InChI is InChI=1S/C15H19NO/c1-3-5-11-14(4-2)16-15(12-17)13-9-7-6-8-10-13/h5-12,14H,3-4H2,1-2H3/b11-5-,16-15?. The highest BCUT2D eigenvalue weighted by Gasteiger charge is 2.04. The Morgan fingerprint density at radius 3 is 2.53 bits per heavy atom. The Labute approximate surface area is 103 Å². The van der Waals surface area contributed by atoms with E-state index in [1.165, 1.54) is 0 Å². The van der Waals surface area contributed by atoms with Gasteiger partial charge in [0.05, 0.1) is 6.04 Å². The van der Waals surface area contributed by atoms with E-state index in [1.807, 2.05) is 30.3 Å². The van der Waals surface area contributed by atoms with Crippen LogP contribution in [-0.4, -0.2) is 18.0 Å². The molecule has 0 fully saturated rings. The van der Waals surface area contributed by atoms with Gasteiger partial charge in [-0.15, -0.1) is 0 Å². The molecule has 0 aliphatic carbocycles. The van der Waals surface area contributed by atoms with E-state index in [0.717, 1.165) is 24.7 Å². The minimum atomic E-state index is 0.0929. The molecule has 1 atom stereocenters. The molecule has 90 valence electrons. The summed E-state index contributed by atoms with van der Waals surface area (Å²) in [4.78, 5) is 15.6. The average molecular weight is 229 g/mol. The number of aliphatic imine (C=N–C) groups is 1. The van der Waals surface area contributed by atoms with E-state index in [2.05, 4.69) is 31.0 Å². The third-order valence-corrected chi connectivity index (χ3v) is 2.50. The predicted molar refractivity (Wildman–Crippen MR) is 72.6 cm³/mol. The molecule has 0 N–H and O–H groups in total. The van der Waals surface area contributed by atoms with Gasteiger partial charge in [0.2, 0.25) is 0 Å². The fourth-order valence-corrected chi connectivity index (χ4v) is 1.52. The Morgan fingerprint density at radius 2 is 2.00 bits per heavy atom. The lowest BCUT2D eigenvalue weighted by atomic mass is 10.1. The first kappa shape index (κ1) is 13.4. The molecule has 0 aliphatic heterocycles. The number of carbonyl (C=O) groups is 1. The molecule has 0 aliphatic rings. The summed E-state index contributed by atoms with van der Waals surface area (Å²) in [5.74, 6) is 0. The Kier molecular flexibility index (Phi) is 5.94. The van der Waals surface area contributed by atoms with E-state index in [1.54, 1.807) is 0 Å². The van der Waals surface area contributed by atoms with Crippen molar-refractivity contribution in [3.63, 3.8) is 0 Å². The first-order valence-corrected chi connectivity index (χ1v) is 6.06. The van der Waals surface area contributed by atoms with E-state index in [-0.39, 0.29) is 6.04 Å². The molecule has 1 unspecified atom stereocenters. The Hall–Kier alpha value is -1.70. The number of allylic oxidation sites excluding steroid dienone is 1. The smallest absolute Gasteiger partial charge is 0.168 e. The molecule has 0 spiro atoms. The highest BCUT2D eigenvalue weighted by atomic mass is 16.1. The molecule has 1 rings (SSSR count). The summed E-state index contributed by atoms with van der Waals surface area (Å²) in [6.07, 6.45) is 6.88. The van der Waals surface area contributed by atoms with Crippen LogP contribution in [-0.2, 0) is 4.79 Å². The third kappa shape index (κ3) is 4.35. The minimum Gasteiger partial charge on any atom is -0.296 e. The van der Waals surface area contributed by atoms with Gasteiger partial charge in [0.1, 0.15) is 5.71 Å². The zero-order valence-corrected chi connectivity index (χ0v) is 10.5. The van der Waals surface area contributed by atoms with Gasteiger partial charge < -0.3 is 0 Å². The summed E-state index contributed by atoms with van der Waals surface area (Å²) in [5.41, 5.74) is 1.41. The van der Waals surface area contributed by atoms with Crippen molar-refractivity contribution in [3.05, 3.63) is 48.0 Å². The highest BCUT2D eigenvalue weighted by Crippen LogP contribution is 2.06. The Morgan fingerprint density at radius 1 is 1.29 bits per heavy atom. The van der Waals surface area contributed by atoms with Crippen molar-refractivity contribution in [2.45, 2.75) is 32.7 Å². The number of carbonyl (C=O) groups excluding carboxylic acids is 1. The molecule has 2 nitrogen and oxygen atoms in total. The first-order chi connectivity index (χ1) is 8.31. The first-order valence-electron chi connectivity index (χ1n) is 6.06. The number of hydrogen-bond donors (Lipinski definition) is 0. The van der Waals surface area contributed by atoms with E-state index < -0.39 is 0 Å². The molecule has 0 saturated heterocycles. The molecule has 0 radical (unpaired) electrons. The van der Waals surface area contributed by atoms with Crippen LogP contribution in [0.5, 0.6) is 0 Å². The summed E-state index contributed by atoms with van der Waals surface area (Å²) >= 11 is 0. The van der Waals surface area contributed by atoms with Crippen molar-refractivity contribution in [2.24, 2.45) is 4.99 Å². The van der Waals surface area contributed by atoms with Crippen LogP contribution < -0.4 is 0 Å². The van der Waals surface area contributed by atoms with E-state index >= 15 is 0 Å². The molecular weight excluding hydrogens is 210 g/mol. The number of hydrogen-bond acceptors (Lipinski definition) is 2. The fourth-order valence-electron chi connectivity index (χ4n) is 1.52. The summed E-state index contributed by atoms with van der Waals surface area (Å²) in [7, 11) is 0. The van der Waals surface area contributed by atoms with Crippen LogP contribution in [0.4, 0.5) is 0 Å². The molecule has 0 bridgehead atoms. The Balaban J connectivity index is 2.92. The topological polar surface area (TPSA) is 29.4 Å². The molecule has 2 heteroatoms. The van der Waals surface area contributed by atoms with Crippen LogP contribution in [0.3, 0.4) is 0 Å². The van der Waals surface area contributed by atoms with Crippen molar-refractivity contribution in [3.8, 4) is 0 Å². The van der Waals surface area contributed by atoms with Crippen molar-refractivity contribution in [1.82, 2.24) is 0 Å². The quantitative estimate of drug-likeness (QED) is 0.417. The van der Waals surface area contributed by atoms with Crippen LogP contribution in [0.25, 0.3) is 0 Å². The molecule has 0 heterocycles. The second kappa shape index (κ2) is 7.55. The molecular formula is C15H19NO. The maximum atomic E-state index is 11.1. The normalized spacial score (nSPS) is 13.9. The van der Waals surface area contributed by atoms with E-state index in [9.17, 15) is 4.79 Å². The zero-order chi connectivity index (χ0) is 12.5. The van der Waals surface area contributed by atoms with Gasteiger partial charge in [0, 0.05) is 5.56 Å². The molecule has 0 saturated carbocycles. The molecule has 1 aromatic rings. The lowest BCUT2D eigenvalue weighted by Gasteiger charge is -2.06. The second-order valence-corrected chi connectivity index (χ2v) is 3.81. The molecule has 0 aromatic heterocycles. The largest absolute Gasteiger partial charge is 0.296 e. The lowest BCUT2D eigenvalue weighted by Crippen LogP contribution is -2.08. The predicted octanol–water partition coefficient (Wildman–Crippen LogP) is 3.42. The summed E-state index contributed by atoms with van der Waals surface area (Å²) in [5, 5.41) is 0. The van der Waals surface area contributed by atoms with Crippen LogP contribution in [0, 0.1) is 0 Å². The Bertz CT molecular complexity index is 393. The summed E-state index contributed by atoms with van der Waals surface area (Å²) in [6.45, 7) is 4.16. The minimum absolute atomic E-state index is 0.0929. The number of aldehydes is 1. The number of rotatable bonds is 6. The second-order valence-electron chi connectivity index (χ2n) is 3.81. The van der Waals surface area contributed by atoms with Gasteiger partial charge in [-0.2, -0.15) is 0 Å². The third-order valence-electron chi connectivity index (χ3n) is 2.50. The van der Waals surface area contributed by atoms with Gasteiger partial charge in [-0.05, 0) is 12.8 Å². The SMILES string of the molecule is CC/C=C\C(CC)N=C(C=O)c1ccccc1. The van der Waals surface area contributed by atoms with Crippen molar-refractivity contribution >= 4 is 12.0 Å². The maximum Gasteiger partial charge on any atom is 0.168 e. The van der Waals surface area contributed by atoms with E-state index in [4.69, 9.17) is 0 Å². The average Bonchev–Trinajstić information content (AvgIpc) is 2.40. The van der Waals surface area contributed by atoms with Gasteiger partial charge >= 0.3 is 0 Å².